The number of ether oxygens (including phenoxy) is 2. The van der Waals surface area contributed by atoms with Crippen molar-refractivity contribution in [3.8, 4) is 5.75 Å². The van der Waals surface area contributed by atoms with Crippen molar-refractivity contribution < 1.29 is 28.6 Å². The van der Waals surface area contributed by atoms with Crippen LogP contribution in [0.2, 0.25) is 0 Å². The third-order valence-corrected chi connectivity index (χ3v) is 3.27. The number of hydrogen-bond acceptors (Lipinski definition) is 4. The van der Waals surface area contributed by atoms with Gasteiger partial charge in [0, 0.05) is 12.5 Å². The van der Waals surface area contributed by atoms with E-state index in [1.807, 2.05) is 0 Å². The summed E-state index contributed by atoms with van der Waals surface area (Å²) in [5, 5.41) is 9.29. The number of nitrogens with zero attached hydrogens (tertiary/aromatic N) is 1. The van der Waals surface area contributed by atoms with Crippen LogP contribution in [0, 0.1) is 5.82 Å². The predicted octanol–water partition coefficient (Wildman–Crippen LogP) is 2.67. The summed E-state index contributed by atoms with van der Waals surface area (Å²) < 4.78 is 24.0. The third-order valence-electron chi connectivity index (χ3n) is 3.27. The summed E-state index contributed by atoms with van der Waals surface area (Å²) in [6.07, 6.45) is -1.12. The number of carbonyl (C=O) groups is 2. The maximum absolute atomic E-state index is 13.2. The van der Waals surface area contributed by atoms with Gasteiger partial charge in [0.1, 0.15) is 29.3 Å². The van der Waals surface area contributed by atoms with Gasteiger partial charge in [-0.2, -0.15) is 0 Å². The summed E-state index contributed by atoms with van der Waals surface area (Å²) >= 11 is 0. The van der Waals surface area contributed by atoms with Crippen LogP contribution in [0.4, 0.5) is 9.18 Å². The summed E-state index contributed by atoms with van der Waals surface area (Å²) in [5.74, 6) is -1.27. The molecule has 0 bridgehead atoms. The van der Waals surface area contributed by atoms with Gasteiger partial charge >= 0.3 is 12.1 Å². The number of benzene rings is 1. The molecule has 6 nitrogen and oxygen atoms in total. The molecule has 0 aromatic heterocycles. The van der Waals surface area contributed by atoms with Crippen molar-refractivity contribution in [1.29, 1.82) is 0 Å². The molecule has 1 saturated heterocycles. The lowest BCUT2D eigenvalue weighted by Crippen LogP contribution is -2.43. The number of carboxylic acids is 1. The van der Waals surface area contributed by atoms with E-state index in [4.69, 9.17) is 9.47 Å². The molecule has 2 unspecified atom stereocenters. The molecule has 0 spiro atoms. The Hall–Kier alpha value is -2.31. The van der Waals surface area contributed by atoms with Crippen molar-refractivity contribution in [1.82, 2.24) is 4.90 Å². The number of hydrogen-bond donors (Lipinski definition) is 1. The molecule has 0 aliphatic carbocycles. The smallest absolute Gasteiger partial charge is 0.411 e. The Labute approximate surface area is 133 Å². The SMILES string of the molecule is CC(C)(C)OC(=O)N1CC(Oc2cccc(F)c2)CC1C(=O)O. The Morgan fingerprint density at radius 1 is 1.35 bits per heavy atom. The molecule has 23 heavy (non-hydrogen) atoms. The summed E-state index contributed by atoms with van der Waals surface area (Å²) in [7, 11) is 0. The highest BCUT2D eigenvalue weighted by Crippen LogP contribution is 2.25. The Bertz CT molecular complexity index is 598. The van der Waals surface area contributed by atoms with Gasteiger partial charge in [0.05, 0.1) is 6.54 Å². The number of aliphatic carboxylic acids is 1. The molecule has 0 radical (unpaired) electrons. The van der Waals surface area contributed by atoms with Crippen LogP contribution in [0.25, 0.3) is 0 Å². The highest BCUT2D eigenvalue weighted by atomic mass is 19.1. The molecule has 2 atom stereocenters. The summed E-state index contributed by atoms with van der Waals surface area (Å²) in [6.45, 7) is 5.19. The normalized spacial score (nSPS) is 21.1. The van der Waals surface area contributed by atoms with E-state index < -0.39 is 35.6 Å². The average molecular weight is 325 g/mol. The molecule has 1 N–H and O–H groups in total. The topological polar surface area (TPSA) is 76.1 Å². The second-order valence-corrected chi connectivity index (χ2v) is 6.42. The Morgan fingerprint density at radius 3 is 2.61 bits per heavy atom. The summed E-state index contributed by atoms with van der Waals surface area (Å²) in [6, 6.07) is 4.55. The van der Waals surface area contributed by atoms with E-state index in [1.54, 1.807) is 26.8 Å². The van der Waals surface area contributed by atoms with Crippen LogP contribution >= 0.6 is 0 Å². The molecule has 1 aliphatic heterocycles. The van der Waals surface area contributed by atoms with Crippen LogP contribution in [0.5, 0.6) is 5.75 Å². The fourth-order valence-corrected chi connectivity index (χ4v) is 2.37. The zero-order valence-electron chi connectivity index (χ0n) is 13.3. The lowest BCUT2D eigenvalue weighted by atomic mass is 10.2. The number of amides is 1. The van der Waals surface area contributed by atoms with Gasteiger partial charge in [-0.25, -0.2) is 14.0 Å². The Kier molecular flexibility index (Phi) is 4.77. The Morgan fingerprint density at radius 2 is 2.04 bits per heavy atom. The van der Waals surface area contributed by atoms with Crippen LogP contribution in [-0.4, -0.2) is 46.4 Å². The van der Waals surface area contributed by atoms with Crippen molar-refractivity contribution in [2.24, 2.45) is 0 Å². The maximum Gasteiger partial charge on any atom is 0.411 e. The largest absolute Gasteiger partial charge is 0.488 e. The molecule has 0 saturated carbocycles. The van der Waals surface area contributed by atoms with Gasteiger partial charge in [-0.3, -0.25) is 4.90 Å². The Balaban J connectivity index is 2.08. The lowest BCUT2D eigenvalue weighted by molar-refractivity contribution is -0.142. The number of rotatable bonds is 3. The molecule has 126 valence electrons. The number of carbonyl (C=O) groups excluding carboxylic acids is 1. The first-order valence-electron chi connectivity index (χ1n) is 7.30. The average Bonchev–Trinajstić information content (AvgIpc) is 2.81. The van der Waals surface area contributed by atoms with E-state index in [0.29, 0.717) is 5.75 Å². The maximum atomic E-state index is 13.2. The first kappa shape index (κ1) is 17.1. The van der Waals surface area contributed by atoms with Crippen molar-refractivity contribution in [2.45, 2.75) is 44.9 Å². The predicted molar refractivity (Wildman–Crippen MR) is 79.8 cm³/mol. The lowest BCUT2D eigenvalue weighted by Gasteiger charge is -2.26. The van der Waals surface area contributed by atoms with Crippen LogP contribution in [0.3, 0.4) is 0 Å². The van der Waals surface area contributed by atoms with E-state index in [2.05, 4.69) is 0 Å². The molecule has 1 heterocycles. The van der Waals surface area contributed by atoms with Gasteiger partial charge in [-0.05, 0) is 32.9 Å². The van der Waals surface area contributed by atoms with Crippen molar-refractivity contribution in [2.75, 3.05) is 6.54 Å². The molecular weight excluding hydrogens is 305 g/mol. The van der Waals surface area contributed by atoms with Gasteiger partial charge in [-0.1, -0.05) is 6.07 Å². The molecule has 1 aliphatic rings. The second-order valence-electron chi connectivity index (χ2n) is 6.42. The third kappa shape index (κ3) is 4.58. The number of likely N-dealkylation sites (tertiary alicyclic amines) is 1. The van der Waals surface area contributed by atoms with Gasteiger partial charge in [0.15, 0.2) is 0 Å². The summed E-state index contributed by atoms with van der Waals surface area (Å²) in [4.78, 5) is 24.7. The monoisotopic (exact) mass is 325 g/mol. The van der Waals surface area contributed by atoms with Crippen LogP contribution < -0.4 is 4.74 Å². The highest BCUT2D eigenvalue weighted by molar-refractivity contribution is 5.81. The van der Waals surface area contributed by atoms with E-state index in [9.17, 15) is 19.1 Å². The molecule has 1 aromatic rings. The van der Waals surface area contributed by atoms with Crippen molar-refractivity contribution >= 4 is 12.1 Å². The van der Waals surface area contributed by atoms with Crippen LogP contribution in [0.15, 0.2) is 24.3 Å². The van der Waals surface area contributed by atoms with Crippen LogP contribution in [-0.2, 0) is 9.53 Å². The van der Waals surface area contributed by atoms with Crippen molar-refractivity contribution in [3.63, 3.8) is 0 Å². The van der Waals surface area contributed by atoms with Gasteiger partial charge < -0.3 is 14.6 Å². The first-order chi connectivity index (χ1) is 10.7. The highest BCUT2D eigenvalue weighted by Gasteiger charge is 2.42. The van der Waals surface area contributed by atoms with Gasteiger partial charge in [-0.15, -0.1) is 0 Å². The van der Waals surface area contributed by atoms with E-state index in [0.717, 1.165) is 4.90 Å². The fraction of sp³-hybridized carbons (Fsp3) is 0.500. The van der Waals surface area contributed by atoms with Crippen molar-refractivity contribution in [3.05, 3.63) is 30.1 Å². The van der Waals surface area contributed by atoms with E-state index in [1.165, 1.54) is 18.2 Å². The minimum absolute atomic E-state index is 0.0718. The molecule has 1 fully saturated rings. The first-order valence-corrected chi connectivity index (χ1v) is 7.30. The standard InChI is InChI=1S/C16H20FNO5/c1-16(2,3)23-15(21)18-9-12(8-13(18)14(19)20)22-11-6-4-5-10(17)7-11/h4-7,12-13H,8-9H2,1-3H3,(H,19,20). The molecule has 7 heteroatoms. The minimum Gasteiger partial charge on any atom is -0.488 e. The number of halogens is 1. The molecule has 1 aromatic carbocycles. The molecular formula is C16H20FNO5. The summed E-state index contributed by atoms with van der Waals surface area (Å²) in [5.41, 5.74) is -0.721. The zero-order valence-corrected chi connectivity index (χ0v) is 13.3. The minimum atomic E-state index is -1.12. The van der Waals surface area contributed by atoms with Gasteiger partial charge in [0.25, 0.3) is 0 Å². The second kappa shape index (κ2) is 6.44. The molecule has 1 amide bonds. The number of carboxylic acid groups (broad SMARTS) is 1. The molecule has 2 rings (SSSR count). The van der Waals surface area contributed by atoms with Gasteiger partial charge in [0.2, 0.25) is 0 Å². The van der Waals surface area contributed by atoms with Crippen LogP contribution in [0.1, 0.15) is 27.2 Å². The van der Waals surface area contributed by atoms with E-state index in [-0.39, 0.29) is 13.0 Å². The quantitative estimate of drug-likeness (QED) is 0.924. The van der Waals surface area contributed by atoms with E-state index >= 15 is 0 Å². The fourth-order valence-electron chi connectivity index (χ4n) is 2.37. The zero-order chi connectivity index (χ0) is 17.2.